The lowest BCUT2D eigenvalue weighted by atomic mass is 9.93. The van der Waals surface area contributed by atoms with Crippen LogP contribution in [0, 0.1) is 0 Å². The van der Waals surface area contributed by atoms with Gasteiger partial charge in [0.2, 0.25) is 0 Å². The maximum atomic E-state index is 11.8. The summed E-state index contributed by atoms with van der Waals surface area (Å²) in [4.78, 5) is 11.8. The molecule has 0 bridgehead atoms. The average molecular weight is 184 g/mol. The van der Waals surface area contributed by atoms with E-state index in [0.29, 0.717) is 12.2 Å². The van der Waals surface area contributed by atoms with Crippen molar-refractivity contribution in [2.75, 3.05) is 7.11 Å². The summed E-state index contributed by atoms with van der Waals surface area (Å²) in [5, 5.41) is 0. The van der Waals surface area contributed by atoms with Gasteiger partial charge in [0.1, 0.15) is 5.60 Å². The first-order valence-corrected chi connectivity index (χ1v) is 5.33. The van der Waals surface area contributed by atoms with Crippen molar-refractivity contribution < 1.29 is 9.53 Å². The second-order valence-electron chi connectivity index (χ2n) is 3.93. The zero-order chi connectivity index (χ0) is 9.73. The van der Waals surface area contributed by atoms with Crippen molar-refractivity contribution >= 4 is 5.78 Å². The second kappa shape index (κ2) is 4.75. The van der Waals surface area contributed by atoms with Gasteiger partial charge in [0.05, 0.1) is 0 Å². The third-order valence-electron chi connectivity index (χ3n) is 3.07. The monoisotopic (exact) mass is 184 g/mol. The van der Waals surface area contributed by atoms with Gasteiger partial charge in [-0.2, -0.15) is 0 Å². The van der Waals surface area contributed by atoms with Crippen LogP contribution in [0.25, 0.3) is 0 Å². The minimum absolute atomic E-state index is 0.328. The van der Waals surface area contributed by atoms with Crippen LogP contribution in [0.5, 0.6) is 0 Å². The Morgan fingerprint density at radius 2 is 2.00 bits per heavy atom. The zero-order valence-electron chi connectivity index (χ0n) is 8.77. The van der Waals surface area contributed by atoms with Crippen LogP contribution in [-0.4, -0.2) is 18.5 Å². The smallest absolute Gasteiger partial charge is 0.164 e. The number of carbonyl (C=O) groups is 1. The summed E-state index contributed by atoms with van der Waals surface area (Å²) in [5.41, 5.74) is -0.394. The Balaban J connectivity index is 2.49. The summed E-state index contributed by atoms with van der Waals surface area (Å²) in [6.45, 7) is 2.11. The molecule has 2 nitrogen and oxygen atoms in total. The molecule has 0 amide bonds. The van der Waals surface area contributed by atoms with E-state index in [4.69, 9.17) is 4.74 Å². The van der Waals surface area contributed by atoms with Crippen molar-refractivity contribution in [2.24, 2.45) is 0 Å². The first-order valence-electron chi connectivity index (χ1n) is 5.33. The molecule has 0 radical (unpaired) electrons. The second-order valence-corrected chi connectivity index (χ2v) is 3.93. The van der Waals surface area contributed by atoms with Gasteiger partial charge in [0.15, 0.2) is 5.78 Å². The largest absolute Gasteiger partial charge is 0.370 e. The molecule has 0 N–H and O–H groups in total. The molecule has 1 rings (SSSR count). The first kappa shape index (κ1) is 10.7. The van der Waals surface area contributed by atoms with E-state index in [-0.39, 0.29) is 0 Å². The van der Waals surface area contributed by atoms with E-state index in [1.165, 1.54) is 0 Å². The van der Waals surface area contributed by atoms with Crippen molar-refractivity contribution in [1.29, 1.82) is 0 Å². The Hall–Kier alpha value is -0.370. The van der Waals surface area contributed by atoms with E-state index in [1.807, 2.05) is 0 Å². The number of rotatable bonds is 5. The summed E-state index contributed by atoms with van der Waals surface area (Å²) >= 11 is 0. The van der Waals surface area contributed by atoms with Crippen LogP contribution in [0.4, 0.5) is 0 Å². The summed E-state index contributed by atoms with van der Waals surface area (Å²) < 4.78 is 5.41. The molecule has 0 aromatic carbocycles. The van der Waals surface area contributed by atoms with Crippen LogP contribution in [-0.2, 0) is 9.53 Å². The molecular weight excluding hydrogens is 164 g/mol. The van der Waals surface area contributed by atoms with Gasteiger partial charge in [-0.3, -0.25) is 4.79 Å². The number of hydrogen-bond donors (Lipinski definition) is 0. The predicted molar refractivity (Wildman–Crippen MR) is 52.7 cm³/mol. The van der Waals surface area contributed by atoms with Crippen LogP contribution in [0.3, 0.4) is 0 Å². The van der Waals surface area contributed by atoms with Crippen molar-refractivity contribution in [1.82, 2.24) is 0 Å². The molecule has 0 saturated heterocycles. The SMILES string of the molecule is CCCCC(=O)C1(OC)CCCC1. The topological polar surface area (TPSA) is 26.3 Å². The molecule has 0 aromatic rings. The zero-order valence-corrected chi connectivity index (χ0v) is 8.77. The average Bonchev–Trinajstić information content (AvgIpc) is 2.63. The maximum Gasteiger partial charge on any atom is 0.164 e. The van der Waals surface area contributed by atoms with E-state index in [9.17, 15) is 4.79 Å². The number of hydrogen-bond acceptors (Lipinski definition) is 2. The first-order chi connectivity index (χ1) is 6.25. The van der Waals surface area contributed by atoms with Gasteiger partial charge >= 0.3 is 0 Å². The Morgan fingerprint density at radius 1 is 1.38 bits per heavy atom. The van der Waals surface area contributed by atoms with Gasteiger partial charge in [-0.25, -0.2) is 0 Å². The number of methoxy groups -OCH3 is 1. The molecule has 13 heavy (non-hydrogen) atoms. The van der Waals surface area contributed by atoms with Crippen molar-refractivity contribution in [3.05, 3.63) is 0 Å². The molecule has 1 aliphatic carbocycles. The van der Waals surface area contributed by atoms with E-state index in [1.54, 1.807) is 7.11 Å². The minimum Gasteiger partial charge on any atom is -0.370 e. The molecule has 0 unspecified atom stereocenters. The molecule has 0 aliphatic heterocycles. The Bertz CT molecular complexity index is 169. The van der Waals surface area contributed by atoms with Gasteiger partial charge in [-0.05, 0) is 32.1 Å². The predicted octanol–water partition coefficient (Wildman–Crippen LogP) is 2.70. The van der Waals surface area contributed by atoms with Gasteiger partial charge in [0, 0.05) is 13.5 Å². The van der Waals surface area contributed by atoms with Crippen LogP contribution < -0.4 is 0 Å². The van der Waals surface area contributed by atoms with Crippen molar-refractivity contribution in [3.8, 4) is 0 Å². The summed E-state index contributed by atoms with van der Waals surface area (Å²) in [6, 6.07) is 0. The molecule has 0 aromatic heterocycles. The fourth-order valence-electron chi connectivity index (χ4n) is 2.11. The molecule has 1 saturated carbocycles. The fourth-order valence-corrected chi connectivity index (χ4v) is 2.11. The van der Waals surface area contributed by atoms with E-state index >= 15 is 0 Å². The molecular formula is C11H20O2. The summed E-state index contributed by atoms with van der Waals surface area (Å²) in [7, 11) is 1.68. The third kappa shape index (κ3) is 2.31. The molecule has 0 atom stereocenters. The quantitative estimate of drug-likeness (QED) is 0.656. The van der Waals surface area contributed by atoms with Gasteiger partial charge in [-0.1, -0.05) is 13.3 Å². The number of ketones is 1. The van der Waals surface area contributed by atoms with Crippen LogP contribution >= 0.6 is 0 Å². The minimum atomic E-state index is -0.394. The molecule has 1 fully saturated rings. The standard InChI is InChI=1S/C11H20O2/c1-3-4-7-10(12)11(13-2)8-5-6-9-11/h3-9H2,1-2H3. The lowest BCUT2D eigenvalue weighted by Crippen LogP contribution is -2.37. The van der Waals surface area contributed by atoms with Crippen LogP contribution in [0.1, 0.15) is 51.9 Å². The van der Waals surface area contributed by atoms with E-state index < -0.39 is 5.60 Å². The third-order valence-corrected chi connectivity index (χ3v) is 3.07. The molecule has 76 valence electrons. The normalized spacial score (nSPS) is 20.5. The number of ether oxygens (including phenoxy) is 1. The van der Waals surface area contributed by atoms with Crippen molar-refractivity contribution in [2.45, 2.75) is 57.5 Å². The van der Waals surface area contributed by atoms with Gasteiger partial charge in [0.25, 0.3) is 0 Å². The fraction of sp³-hybridized carbons (Fsp3) is 0.909. The van der Waals surface area contributed by atoms with Gasteiger partial charge < -0.3 is 4.74 Å². The number of Topliss-reactive ketones (excluding diaryl/α,β-unsaturated/α-hetero) is 1. The van der Waals surface area contributed by atoms with Gasteiger partial charge in [-0.15, -0.1) is 0 Å². The van der Waals surface area contributed by atoms with Crippen LogP contribution in [0.2, 0.25) is 0 Å². The maximum absolute atomic E-state index is 11.8. The summed E-state index contributed by atoms with van der Waals surface area (Å²) in [5.74, 6) is 0.328. The highest BCUT2D eigenvalue weighted by molar-refractivity contribution is 5.87. The molecule has 2 heteroatoms. The highest BCUT2D eigenvalue weighted by Gasteiger charge is 2.39. The number of unbranched alkanes of at least 4 members (excludes halogenated alkanes) is 1. The Labute approximate surface area is 80.7 Å². The van der Waals surface area contributed by atoms with Crippen molar-refractivity contribution in [3.63, 3.8) is 0 Å². The van der Waals surface area contributed by atoms with E-state index in [2.05, 4.69) is 6.92 Å². The lowest BCUT2D eigenvalue weighted by Gasteiger charge is -2.25. The molecule has 0 spiro atoms. The Kier molecular flexibility index (Phi) is 3.91. The number of carbonyl (C=O) groups excluding carboxylic acids is 1. The Morgan fingerprint density at radius 3 is 2.46 bits per heavy atom. The molecule has 0 heterocycles. The molecule has 1 aliphatic rings. The summed E-state index contributed by atoms with van der Waals surface area (Å²) in [6.07, 6.45) is 6.95. The highest BCUT2D eigenvalue weighted by Crippen LogP contribution is 2.34. The highest BCUT2D eigenvalue weighted by atomic mass is 16.5. The van der Waals surface area contributed by atoms with E-state index in [0.717, 1.165) is 38.5 Å². The lowest BCUT2D eigenvalue weighted by molar-refractivity contribution is -0.140. The van der Waals surface area contributed by atoms with Crippen LogP contribution in [0.15, 0.2) is 0 Å².